The van der Waals surface area contributed by atoms with Crippen LogP contribution in [0.2, 0.25) is 0 Å². The second kappa shape index (κ2) is 26.0. The molecule has 304 valence electrons. The van der Waals surface area contributed by atoms with Crippen LogP contribution < -0.4 is 60.1 Å². The fourth-order valence-electron chi connectivity index (χ4n) is 8.27. The standard InChI is InChI=1S/C24H17B2Br.C18H13B2Br.C6H4BrI.S3.S2.H2S/c27-20-12-8-11-19(17-20)26-23-15-6-4-13-21(23)25(18-9-2-1-3-10-18)22-14-5-7-16-24(22)26;21-20-17-12-6-4-10-15(17)19(14-8-2-1-3-9-14)16-11-5-7-13-18(16)20;7-5-2-1-3-6(8)4-5;1-3-2;1-2;/h1-17H;1-13H;1-4H;;;1H2. The van der Waals surface area contributed by atoms with Crippen molar-refractivity contribution in [1.29, 1.82) is 0 Å². The first-order valence-corrected chi connectivity index (χ1v) is 26.8. The largest absolute Gasteiger partial charge is 0.286 e. The lowest BCUT2D eigenvalue weighted by Crippen LogP contribution is -2.74. The summed E-state index contributed by atoms with van der Waals surface area (Å²) < 4.78 is 3.53. The minimum atomic E-state index is 0. The van der Waals surface area contributed by atoms with E-state index in [2.05, 4.69) is 309 Å². The van der Waals surface area contributed by atoms with Crippen LogP contribution in [-0.2, 0) is 53.6 Å². The van der Waals surface area contributed by atoms with Gasteiger partial charge >= 0.3 is 0 Å². The van der Waals surface area contributed by atoms with Gasteiger partial charge in [0.2, 0.25) is 20.1 Å². The SMILES string of the molecule is BrB1c2ccccc2B(c2ccccc2)c2ccccc21.Brc1cccc(B2c3ccccc3B(c3ccccc3)c3ccccc32)c1.Brc1cccc(I)c1.S.S=S.S=S=S. The maximum Gasteiger partial charge on any atom is 0.286 e. The highest BCUT2D eigenvalue weighted by molar-refractivity contribution is 14.1. The van der Waals surface area contributed by atoms with Crippen molar-refractivity contribution in [3.63, 3.8) is 0 Å². The van der Waals surface area contributed by atoms with Gasteiger partial charge in [-0.25, -0.2) is 0 Å². The summed E-state index contributed by atoms with van der Waals surface area (Å²) in [6.07, 6.45) is 0. The molecule has 0 nitrogen and oxygen atoms in total. The molecule has 0 aliphatic carbocycles. The lowest BCUT2D eigenvalue weighted by Gasteiger charge is -2.32. The molecule has 2 aliphatic heterocycles. The Bertz CT molecular complexity index is 2620. The van der Waals surface area contributed by atoms with Crippen LogP contribution in [0.15, 0.2) is 215 Å². The molecule has 8 aromatic carbocycles. The van der Waals surface area contributed by atoms with Crippen molar-refractivity contribution < 1.29 is 0 Å². The average molecular weight is 1220 g/mol. The third-order valence-electron chi connectivity index (χ3n) is 10.6. The van der Waals surface area contributed by atoms with E-state index in [1.54, 1.807) is 0 Å². The van der Waals surface area contributed by atoms with Crippen LogP contribution >= 0.6 is 83.7 Å². The molecule has 62 heavy (non-hydrogen) atoms. The molecule has 2 aliphatic rings. The summed E-state index contributed by atoms with van der Waals surface area (Å²) in [6.45, 7) is 0.865. The van der Waals surface area contributed by atoms with Crippen LogP contribution in [0, 0.1) is 3.57 Å². The van der Waals surface area contributed by atoms with Crippen molar-refractivity contribution in [3.05, 3.63) is 219 Å². The second-order valence-corrected chi connectivity index (χ2v) is 19.8. The van der Waals surface area contributed by atoms with E-state index >= 15 is 0 Å². The van der Waals surface area contributed by atoms with Crippen molar-refractivity contribution in [1.82, 2.24) is 0 Å². The van der Waals surface area contributed by atoms with E-state index in [-0.39, 0.29) is 32.5 Å². The molecule has 0 saturated carbocycles. The first kappa shape index (κ1) is 50.6. The van der Waals surface area contributed by atoms with E-state index in [1.165, 1.54) is 63.7 Å². The third kappa shape index (κ3) is 12.5. The van der Waals surface area contributed by atoms with Gasteiger partial charge in [-0.3, -0.25) is 0 Å². The van der Waals surface area contributed by atoms with Gasteiger partial charge in [0.25, 0.3) is 5.54 Å². The predicted octanol–water partition coefficient (Wildman–Crippen LogP) is 5.97. The van der Waals surface area contributed by atoms with Crippen molar-refractivity contribution in [3.8, 4) is 0 Å². The highest BCUT2D eigenvalue weighted by Gasteiger charge is 2.38. The van der Waals surface area contributed by atoms with Crippen LogP contribution in [0.5, 0.6) is 0 Å². The van der Waals surface area contributed by atoms with Crippen molar-refractivity contribution in [2.24, 2.45) is 0 Å². The summed E-state index contributed by atoms with van der Waals surface area (Å²) in [6, 6.07) is 73.9. The molecule has 8 aromatic rings. The van der Waals surface area contributed by atoms with E-state index < -0.39 is 0 Å². The highest BCUT2D eigenvalue weighted by atomic mass is 127. The zero-order chi connectivity index (χ0) is 43.1. The Labute approximate surface area is 436 Å². The van der Waals surface area contributed by atoms with Crippen molar-refractivity contribution >= 4 is 223 Å². The van der Waals surface area contributed by atoms with Gasteiger partial charge in [-0.05, 0) is 46.9 Å². The second-order valence-electron chi connectivity index (χ2n) is 14.1. The summed E-state index contributed by atoms with van der Waals surface area (Å²) in [5, 5.41) is 0. The van der Waals surface area contributed by atoms with Gasteiger partial charge in [0.15, 0.2) is 0 Å². The van der Waals surface area contributed by atoms with Crippen molar-refractivity contribution in [2.45, 2.75) is 0 Å². The molecular weight excluding hydrogens is 1180 g/mol. The Hall–Kier alpha value is -2.36. The van der Waals surface area contributed by atoms with Gasteiger partial charge < -0.3 is 0 Å². The maximum absolute atomic E-state index is 4.12. The van der Waals surface area contributed by atoms with Gasteiger partial charge in [-0.15, -0.1) is 15.8 Å². The summed E-state index contributed by atoms with van der Waals surface area (Å²) >= 11 is 28.8. The molecule has 0 aromatic heterocycles. The summed E-state index contributed by atoms with van der Waals surface area (Å²) in [5.74, 6) is 0. The number of rotatable bonds is 3. The van der Waals surface area contributed by atoms with Gasteiger partial charge in [-0.2, -0.15) is 13.5 Å². The smallest absolute Gasteiger partial charge is 0.197 e. The summed E-state index contributed by atoms with van der Waals surface area (Å²) in [4.78, 5) is 0. The molecule has 0 spiro atoms. The van der Waals surface area contributed by atoms with Crippen molar-refractivity contribution in [2.75, 3.05) is 0 Å². The van der Waals surface area contributed by atoms with E-state index in [0.717, 1.165) is 17.8 Å². The quantitative estimate of drug-likeness (QED) is 0.158. The fraction of sp³-hybridized carbons (Fsp3) is 0. The maximum atomic E-state index is 4.12. The fourth-order valence-corrected chi connectivity index (χ4v) is 10.9. The minimum absolute atomic E-state index is 0. The van der Waals surface area contributed by atoms with Gasteiger partial charge in [-0.1, -0.05) is 274 Å². The van der Waals surface area contributed by atoms with E-state index in [0.29, 0.717) is 6.71 Å². The summed E-state index contributed by atoms with van der Waals surface area (Å²) in [5.41, 5.74) is 15.5. The minimum Gasteiger partial charge on any atom is -0.197 e. The summed E-state index contributed by atoms with van der Waals surface area (Å²) in [7, 11) is 0.917. The number of fused-ring (bicyclic) bond motifs is 4. The molecule has 14 heteroatoms. The Balaban J connectivity index is 0.000000184. The van der Waals surface area contributed by atoms with Crippen LogP contribution in [0.3, 0.4) is 0 Å². The first-order chi connectivity index (χ1) is 29.9. The van der Waals surface area contributed by atoms with Gasteiger partial charge in [0.1, 0.15) is 0 Å². The van der Waals surface area contributed by atoms with Crippen LogP contribution in [0.4, 0.5) is 0 Å². The van der Waals surface area contributed by atoms with Gasteiger partial charge in [0, 0.05) is 66.1 Å². The predicted molar refractivity (Wildman–Crippen MR) is 315 cm³/mol. The van der Waals surface area contributed by atoms with Crippen LogP contribution in [0.1, 0.15) is 0 Å². The number of hydrogen-bond acceptors (Lipinski definition) is 4. The molecule has 0 unspecified atom stereocenters. The molecule has 10 rings (SSSR count). The Morgan fingerprint density at radius 3 is 0.968 bits per heavy atom. The normalized spacial score (nSPS) is 11.2. The molecule has 0 N–H and O–H groups in total. The average Bonchev–Trinajstić information content (AvgIpc) is 3.30. The monoisotopic (exact) mass is 1210 g/mol. The Morgan fingerprint density at radius 2 is 0.645 bits per heavy atom. The Kier molecular flexibility index (Phi) is 21.2. The molecule has 0 radical (unpaired) electrons. The molecule has 0 bridgehead atoms. The molecule has 0 amide bonds. The highest BCUT2D eigenvalue weighted by Crippen LogP contribution is 2.13. The molecular formula is C48H36B4Br3IS6. The zero-order valence-electron chi connectivity index (χ0n) is 33.0. The first-order valence-electron chi connectivity index (χ1n) is 19.2. The lowest BCUT2D eigenvalue weighted by atomic mass is 9.21. The third-order valence-corrected chi connectivity index (χ3v) is 13.3. The molecule has 0 saturated heterocycles. The lowest BCUT2D eigenvalue weighted by molar-refractivity contribution is 1.60. The Morgan fingerprint density at radius 1 is 0.371 bits per heavy atom. The topological polar surface area (TPSA) is 0 Å². The number of benzene rings is 8. The van der Waals surface area contributed by atoms with E-state index in [9.17, 15) is 0 Å². The zero-order valence-corrected chi connectivity index (χ0v) is 45.0. The van der Waals surface area contributed by atoms with Crippen LogP contribution in [0.25, 0.3) is 0 Å². The van der Waals surface area contributed by atoms with Crippen LogP contribution in [-0.4, -0.2) is 25.7 Å². The molecule has 0 fully saturated rings. The van der Waals surface area contributed by atoms with E-state index in [1.807, 2.05) is 12.1 Å². The molecule has 0 atom stereocenters. The number of halogens is 4. The number of hydrogen-bond donors (Lipinski definition) is 0. The molecule has 2 heterocycles. The van der Waals surface area contributed by atoms with Gasteiger partial charge in [0.05, 0.1) is 0 Å². The van der Waals surface area contributed by atoms with E-state index in [4.69, 9.17) is 0 Å².